The number of H-pyrrole nitrogens is 1. The van der Waals surface area contributed by atoms with E-state index in [0.717, 1.165) is 16.7 Å². The van der Waals surface area contributed by atoms with Gasteiger partial charge in [0.15, 0.2) is 11.5 Å². The van der Waals surface area contributed by atoms with E-state index in [4.69, 9.17) is 9.47 Å². The number of rotatable bonds is 5. The highest BCUT2D eigenvalue weighted by Crippen LogP contribution is 2.39. The van der Waals surface area contributed by atoms with Crippen LogP contribution in [0, 0.1) is 5.82 Å². The molecule has 1 aliphatic heterocycles. The van der Waals surface area contributed by atoms with Gasteiger partial charge in [0.05, 0.1) is 13.3 Å². The molecule has 27 heavy (non-hydrogen) atoms. The number of carbonyl (C=O) groups excluding carboxylic acids is 1. The molecule has 1 aromatic heterocycles. The van der Waals surface area contributed by atoms with E-state index >= 15 is 0 Å². The Morgan fingerprint density at radius 1 is 1.22 bits per heavy atom. The van der Waals surface area contributed by atoms with Crippen molar-refractivity contribution in [3.8, 4) is 11.5 Å². The van der Waals surface area contributed by atoms with Crippen LogP contribution in [0.2, 0.25) is 0 Å². The summed E-state index contributed by atoms with van der Waals surface area (Å²) in [5.41, 5.74) is 2.56. The van der Waals surface area contributed by atoms with Crippen molar-refractivity contribution in [1.82, 2.24) is 10.2 Å². The second-order valence-electron chi connectivity index (χ2n) is 6.33. The van der Waals surface area contributed by atoms with E-state index in [2.05, 4.69) is 15.5 Å². The van der Waals surface area contributed by atoms with Crippen LogP contribution in [-0.4, -0.2) is 23.2 Å². The number of aromatic nitrogens is 2. The first-order valence-electron chi connectivity index (χ1n) is 8.52. The number of hydrogen-bond donors (Lipinski definition) is 2. The zero-order chi connectivity index (χ0) is 18.8. The molecule has 1 amide bonds. The maximum absolute atomic E-state index is 13.4. The highest BCUT2D eigenvalue weighted by atomic mass is 19.1. The summed E-state index contributed by atoms with van der Waals surface area (Å²) in [6.07, 6.45) is 2.04. The molecule has 3 aromatic rings. The predicted octanol–water partition coefficient (Wildman–Crippen LogP) is 3.61. The Balaban J connectivity index is 1.62. The monoisotopic (exact) mass is 367 g/mol. The molecule has 0 aliphatic carbocycles. The SMILES string of the molecule is COc1ccc([C@@H]2CC(=O)Nc3[nH]ncc32)cc1OCc1cccc(F)c1. The number of nitrogens with zero attached hydrogens (tertiary/aromatic N) is 1. The molecule has 6 nitrogen and oxygen atoms in total. The quantitative estimate of drug-likeness (QED) is 0.722. The van der Waals surface area contributed by atoms with Crippen molar-refractivity contribution in [2.45, 2.75) is 18.9 Å². The molecule has 2 heterocycles. The number of fused-ring (bicyclic) bond motifs is 1. The third-order valence-corrected chi connectivity index (χ3v) is 4.57. The molecule has 7 heteroatoms. The second-order valence-corrected chi connectivity index (χ2v) is 6.33. The molecule has 0 saturated heterocycles. The number of halogens is 1. The summed E-state index contributed by atoms with van der Waals surface area (Å²) < 4.78 is 24.6. The standard InChI is InChI=1S/C20H18FN3O3/c1-26-17-6-5-13(15-9-19(25)23-20-16(15)10-22-24-20)8-18(17)27-11-12-3-2-4-14(21)7-12/h2-8,10,15H,9,11H2,1H3,(H2,22,23,24,25)/t15-/m0/s1. The summed E-state index contributed by atoms with van der Waals surface area (Å²) in [6.45, 7) is 0.208. The topological polar surface area (TPSA) is 76.2 Å². The molecule has 0 unspecified atom stereocenters. The Morgan fingerprint density at radius 3 is 2.93 bits per heavy atom. The lowest BCUT2D eigenvalue weighted by Crippen LogP contribution is -2.23. The van der Waals surface area contributed by atoms with Crippen molar-refractivity contribution in [2.75, 3.05) is 12.4 Å². The average Bonchev–Trinajstić information content (AvgIpc) is 3.14. The molecule has 2 aromatic carbocycles. The number of ether oxygens (including phenoxy) is 2. The first kappa shape index (κ1) is 17.1. The summed E-state index contributed by atoms with van der Waals surface area (Å²) in [5.74, 6) is 1.22. The van der Waals surface area contributed by atoms with Gasteiger partial charge in [-0.25, -0.2) is 4.39 Å². The summed E-state index contributed by atoms with van der Waals surface area (Å²) in [6, 6.07) is 11.8. The zero-order valence-electron chi connectivity index (χ0n) is 14.7. The fourth-order valence-corrected chi connectivity index (χ4v) is 3.25. The average molecular weight is 367 g/mol. The molecule has 0 radical (unpaired) electrons. The molecule has 1 atom stereocenters. The van der Waals surface area contributed by atoms with E-state index in [1.54, 1.807) is 25.4 Å². The largest absolute Gasteiger partial charge is 0.493 e. The van der Waals surface area contributed by atoms with Crippen molar-refractivity contribution in [1.29, 1.82) is 0 Å². The van der Waals surface area contributed by atoms with Crippen molar-refractivity contribution < 1.29 is 18.7 Å². The molecule has 2 N–H and O–H groups in total. The minimum atomic E-state index is -0.308. The maximum atomic E-state index is 13.4. The van der Waals surface area contributed by atoms with E-state index < -0.39 is 0 Å². The summed E-state index contributed by atoms with van der Waals surface area (Å²) in [4.78, 5) is 12.0. The zero-order valence-corrected chi connectivity index (χ0v) is 14.7. The number of nitrogens with one attached hydrogen (secondary N) is 2. The van der Waals surface area contributed by atoms with Crippen molar-refractivity contribution in [2.24, 2.45) is 0 Å². The molecule has 138 valence electrons. The number of anilines is 1. The Kier molecular flexibility index (Phi) is 4.50. The van der Waals surface area contributed by atoms with Crippen LogP contribution in [0.4, 0.5) is 10.2 Å². The number of hydrogen-bond acceptors (Lipinski definition) is 4. The van der Waals surface area contributed by atoms with Crippen LogP contribution in [0.3, 0.4) is 0 Å². The van der Waals surface area contributed by atoms with Gasteiger partial charge in [0, 0.05) is 17.9 Å². The van der Waals surface area contributed by atoms with Gasteiger partial charge in [-0.05, 0) is 35.4 Å². The van der Waals surface area contributed by atoms with E-state index in [9.17, 15) is 9.18 Å². The fourth-order valence-electron chi connectivity index (χ4n) is 3.25. The van der Waals surface area contributed by atoms with Crippen molar-refractivity contribution in [3.63, 3.8) is 0 Å². The van der Waals surface area contributed by atoms with Gasteiger partial charge < -0.3 is 14.8 Å². The van der Waals surface area contributed by atoms with Crippen LogP contribution in [0.1, 0.15) is 29.0 Å². The number of carbonyl (C=O) groups is 1. The van der Waals surface area contributed by atoms with Gasteiger partial charge in [0.1, 0.15) is 18.2 Å². The summed E-state index contributed by atoms with van der Waals surface area (Å²) >= 11 is 0. The van der Waals surface area contributed by atoms with Gasteiger partial charge in [-0.1, -0.05) is 18.2 Å². The highest BCUT2D eigenvalue weighted by Gasteiger charge is 2.28. The third kappa shape index (κ3) is 3.48. The smallest absolute Gasteiger partial charge is 0.226 e. The van der Waals surface area contributed by atoms with Crippen LogP contribution in [0.15, 0.2) is 48.7 Å². The predicted molar refractivity (Wildman–Crippen MR) is 97.4 cm³/mol. The van der Waals surface area contributed by atoms with Crippen molar-refractivity contribution in [3.05, 3.63) is 71.2 Å². The van der Waals surface area contributed by atoms with Gasteiger partial charge >= 0.3 is 0 Å². The van der Waals surface area contributed by atoms with Gasteiger partial charge in [-0.2, -0.15) is 5.10 Å². The molecular formula is C20H18FN3O3. The molecule has 1 aliphatic rings. The van der Waals surface area contributed by atoms with Crippen LogP contribution in [0.5, 0.6) is 11.5 Å². The Bertz CT molecular complexity index is 986. The van der Waals surface area contributed by atoms with Gasteiger partial charge in [0.25, 0.3) is 0 Å². The number of aromatic amines is 1. The normalized spacial score (nSPS) is 15.8. The van der Waals surface area contributed by atoms with E-state index in [1.807, 2.05) is 18.2 Å². The van der Waals surface area contributed by atoms with Crippen LogP contribution in [-0.2, 0) is 11.4 Å². The molecule has 0 fully saturated rings. The lowest BCUT2D eigenvalue weighted by molar-refractivity contribution is -0.116. The molecular weight excluding hydrogens is 349 g/mol. The fraction of sp³-hybridized carbons (Fsp3) is 0.200. The van der Waals surface area contributed by atoms with Crippen molar-refractivity contribution >= 4 is 11.7 Å². The number of methoxy groups -OCH3 is 1. The summed E-state index contributed by atoms with van der Waals surface area (Å²) in [5, 5.41) is 9.61. The Morgan fingerprint density at radius 2 is 2.11 bits per heavy atom. The Hall–Kier alpha value is -3.35. The van der Waals surface area contributed by atoms with E-state index in [-0.39, 0.29) is 24.2 Å². The minimum Gasteiger partial charge on any atom is -0.493 e. The first-order chi connectivity index (χ1) is 13.1. The first-order valence-corrected chi connectivity index (χ1v) is 8.52. The molecule has 0 bridgehead atoms. The van der Waals surface area contributed by atoms with Gasteiger partial charge in [0.2, 0.25) is 5.91 Å². The third-order valence-electron chi connectivity index (χ3n) is 4.57. The highest BCUT2D eigenvalue weighted by molar-refractivity contribution is 5.94. The van der Waals surface area contributed by atoms with E-state index in [1.165, 1.54) is 12.1 Å². The van der Waals surface area contributed by atoms with Crippen LogP contribution < -0.4 is 14.8 Å². The second kappa shape index (κ2) is 7.11. The number of benzene rings is 2. The molecule has 0 saturated carbocycles. The van der Waals surface area contributed by atoms with E-state index in [0.29, 0.717) is 23.7 Å². The Labute approximate surface area is 155 Å². The lowest BCUT2D eigenvalue weighted by atomic mass is 9.87. The molecule has 0 spiro atoms. The van der Waals surface area contributed by atoms with Crippen LogP contribution in [0.25, 0.3) is 0 Å². The summed E-state index contributed by atoms with van der Waals surface area (Å²) in [7, 11) is 1.56. The van der Waals surface area contributed by atoms with Crippen LogP contribution >= 0.6 is 0 Å². The van der Waals surface area contributed by atoms with Gasteiger partial charge in [-0.15, -0.1) is 0 Å². The number of amides is 1. The molecule has 4 rings (SSSR count). The van der Waals surface area contributed by atoms with Gasteiger partial charge in [-0.3, -0.25) is 9.89 Å². The maximum Gasteiger partial charge on any atom is 0.226 e. The lowest BCUT2D eigenvalue weighted by Gasteiger charge is -2.23. The minimum absolute atomic E-state index is 0.0743.